The first-order valence-corrected chi connectivity index (χ1v) is 7.46. The van der Waals surface area contributed by atoms with Gasteiger partial charge in [-0.15, -0.1) is 0 Å². The largest absolute Gasteiger partial charge is 0.462 e. The minimum Gasteiger partial charge on any atom is -0.462 e. The van der Waals surface area contributed by atoms with E-state index in [9.17, 15) is 14.0 Å². The number of esters is 1. The summed E-state index contributed by atoms with van der Waals surface area (Å²) in [7, 11) is 0. The predicted octanol–water partition coefficient (Wildman–Crippen LogP) is 3.33. The molecule has 1 heterocycles. The van der Waals surface area contributed by atoms with Crippen LogP contribution in [0, 0.1) is 19.7 Å². The van der Waals surface area contributed by atoms with Crippen LogP contribution in [-0.2, 0) is 4.74 Å². The Labute approximate surface area is 131 Å². The third kappa shape index (κ3) is 3.48. The molecule has 0 aliphatic carbocycles. The summed E-state index contributed by atoms with van der Waals surface area (Å²) in [6, 6.07) is 4.22. The van der Waals surface area contributed by atoms with Gasteiger partial charge in [0.15, 0.2) is 5.13 Å². The van der Waals surface area contributed by atoms with Gasteiger partial charge in [0.25, 0.3) is 5.91 Å². The van der Waals surface area contributed by atoms with E-state index in [1.807, 2.05) is 0 Å². The first kappa shape index (κ1) is 16.1. The maximum absolute atomic E-state index is 13.5. The molecule has 0 aliphatic heterocycles. The quantitative estimate of drug-likeness (QED) is 0.877. The second-order valence-electron chi connectivity index (χ2n) is 4.57. The van der Waals surface area contributed by atoms with Crippen molar-refractivity contribution < 1.29 is 18.7 Å². The highest BCUT2D eigenvalue weighted by Gasteiger charge is 2.18. The molecule has 1 N–H and O–H groups in total. The van der Waals surface area contributed by atoms with Crippen LogP contribution in [0.3, 0.4) is 0 Å². The van der Waals surface area contributed by atoms with E-state index >= 15 is 0 Å². The van der Waals surface area contributed by atoms with Crippen LogP contribution in [0.2, 0.25) is 0 Å². The Morgan fingerprint density at radius 2 is 2.09 bits per heavy atom. The Hall–Kier alpha value is -2.28. The Kier molecular flexibility index (Phi) is 4.87. The lowest BCUT2D eigenvalue weighted by Gasteiger charge is -2.03. The fraction of sp³-hybridized carbons (Fsp3) is 0.267. The van der Waals surface area contributed by atoms with Gasteiger partial charge in [0.1, 0.15) is 10.7 Å². The van der Waals surface area contributed by atoms with Gasteiger partial charge in [0, 0.05) is 5.56 Å². The third-order valence-electron chi connectivity index (χ3n) is 2.91. The van der Waals surface area contributed by atoms with Crippen molar-refractivity contribution in [2.45, 2.75) is 20.8 Å². The molecule has 2 rings (SSSR count). The molecule has 1 amide bonds. The minimum absolute atomic E-state index is 0.189. The molecule has 1 aromatic carbocycles. The van der Waals surface area contributed by atoms with Crippen LogP contribution in [-0.4, -0.2) is 23.5 Å². The number of rotatable bonds is 4. The van der Waals surface area contributed by atoms with Gasteiger partial charge < -0.3 is 4.74 Å². The molecule has 116 valence electrons. The second-order valence-corrected chi connectivity index (χ2v) is 5.57. The highest BCUT2D eigenvalue weighted by molar-refractivity contribution is 7.17. The van der Waals surface area contributed by atoms with E-state index in [1.165, 1.54) is 12.1 Å². The topological polar surface area (TPSA) is 68.3 Å². The van der Waals surface area contributed by atoms with Crippen LogP contribution < -0.4 is 5.32 Å². The van der Waals surface area contributed by atoms with Crippen molar-refractivity contribution >= 4 is 28.3 Å². The number of hydrogen-bond acceptors (Lipinski definition) is 5. The monoisotopic (exact) mass is 322 g/mol. The molecule has 0 fully saturated rings. The summed E-state index contributed by atoms with van der Waals surface area (Å²) in [6.45, 7) is 5.25. The average molecular weight is 322 g/mol. The van der Waals surface area contributed by atoms with Gasteiger partial charge in [-0.05, 0) is 38.5 Å². The standard InChI is InChI=1S/C15H15FN2O3S/c1-4-21-14(20)12-9(3)17-15(22-12)18-13(19)10-6-5-8(2)11(16)7-10/h5-7H,4H2,1-3H3,(H,17,18,19). The maximum Gasteiger partial charge on any atom is 0.350 e. The maximum atomic E-state index is 13.5. The number of aryl methyl sites for hydroxylation is 2. The Morgan fingerprint density at radius 1 is 1.36 bits per heavy atom. The number of carbonyl (C=O) groups excluding carboxylic acids is 2. The molecule has 1 aromatic heterocycles. The van der Waals surface area contributed by atoms with Gasteiger partial charge >= 0.3 is 5.97 Å². The molecule has 7 heteroatoms. The van der Waals surface area contributed by atoms with Gasteiger partial charge in [-0.2, -0.15) is 0 Å². The molecule has 0 atom stereocenters. The predicted molar refractivity (Wildman–Crippen MR) is 81.9 cm³/mol. The molecule has 2 aromatic rings. The Balaban J connectivity index is 2.16. The molecule has 5 nitrogen and oxygen atoms in total. The summed E-state index contributed by atoms with van der Waals surface area (Å²) in [5.74, 6) is -1.40. The molecular formula is C15H15FN2O3S. The summed E-state index contributed by atoms with van der Waals surface area (Å²) in [4.78, 5) is 28.2. The van der Waals surface area contributed by atoms with Gasteiger partial charge in [-0.3, -0.25) is 10.1 Å². The van der Waals surface area contributed by atoms with Crippen LogP contribution in [0.4, 0.5) is 9.52 Å². The van der Waals surface area contributed by atoms with Gasteiger partial charge in [-0.25, -0.2) is 14.2 Å². The number of anilines is 1. The normalized spacial score (nSPS) is 10.4. The zero-order chi connectivity index (χ0) is 16.3. The highest BCUT2D eigenvalue weighted by Crippen LogP contribution is 2.24. The minimum atomic E-state index is -0.483. The molecule has 0 unspecified atom stereocenters. The number of benzene rings is 1. The Bertz CT molecular complexity index is 728. The van der Waals surface area contributed by atoms with Crippen molar-refractivity contribution in [3.05, 3.63) is 45.7 Å². The molecule has 0 bridgehead atoms. The summed E-state index contributed by atoms with van der Waals surface area (Å²) in [6.07, 6.45) is 0. The van der Waals surface area contributed by atoms with Gasteiger partial charge in [-0.1, -0.05) is 17.4 Å². The van der Waals surface area contributed by atoms with E-state index in [0.717, 1.165) is 17.4 Å². The summed E-state index contributed by atoms with van der Waals surface area (Å²) < 4.78 is 18.4. The lowest BCUT2D eigenvalue weighted by atomic mass is 10.1. The second kappa shape index (κ2) is 6.65. The van der Waals surface area contributed by atoms with E-state index < -0.39 is 17.7 Å². The van der Waals surface area contributed by atoms with Crippen molar-refractivity contribution in [1.29, 1.82) is 0 Å². The number of hydrogen-bond donors (Lipinski definition) is 1. The number of nitrogens with zero attached hydrogens (tertiary/aromatic N) is 1. The summed E-state index contributed by atoms with van der Waals surface area (Å²) >= 11 is 1.03. The number of ether oxygens (including phenoxy) is 1. The lowest BCUT2D eigenvalue weighted by Crippen LogP contribution is -2.12. The van der Waals surface area contributed by atoms with Crippen molar-refractivity contribution in [2.75, 3.05) is 11.9 Å². The van der Waals surface area contributed by atoms with Crippen LogP contribution in [0.1, 0.15) is 38.2 Å². The van der Waals surface area contributed by atoms with Crippen molar-refractivity contribution in [3.63, 3.8) is 0 Å². The van der Waals surface area contributed by atoms with Crippen LogP contribution in [0.25, 0.3) is 0 Å². The first-order chi connectivity index (χ1) is 10.4. The molecule has 0 radical (unpaired) electrons. The van der Waals surface area contributed by atoms with E-state index in [1.54, 1.807) is 20.8 Å². The molecule has 0 spiro atoms. The molecule has 0 aliphatic rings. The number of aromatic nitrogens is 1. The molecule has 0 saturated heterocycles. The fourth-order valence-electron chi connectivity index (χ4n) is 1.74. The highest BCUT2D eigenvalue weighted by atomic mass is 32.1. The summed E-state index contributed by atoms with van der Waals surface area (Å²) in [5, 5.41) is 2.83. The first-order valence-electron chi connectivity index (χ1n) is 6.64. The van der Waals surface area contributed by atoms with E-state index in [4.69, 9.17) is 4.74 Å². The van der Waals surface area contributed by atoms with Gasteiger partial charge in [0.05, 0.1) is 12.3 Å². The number of amides is 1. The number of carbonyl (C=O) groups is 2. The average Bonchev–Trinajstić information content (AvgIpc) is 2.82. The van der Waals surface area contributed by atoms with E-state index in [2.05, 4.69) is 10.3 Å². The smallest absolute Gasteiger partial charge is 0.350 e. The van der Waals surface area contributed by atoms with Crippen molar-refractivity contribution in [3.8, 4) is 0 Å². The lowest BCUT2D eigenvalue weighted by molar-refractivity contribution is 0.0531. The Morgan fingerprint density at radius 3 is 2.73 bits per heavy atom. The third-order valence-corrected chi connectivity index (χ3v) is 3.96. The number of thiazole rings is 1. The van der Waals surface area contributed by atoms with Crippen molar-refractivity contribution in [1.82, 2.24) is 4.98 Å². The van der Waals surface area contributed by atoms with Gasteiger partial charge in [0.2, 0.25) is 0 Å². The van der Waals surface area contributed by atoms with Crippen LogP contribution in [0.5, 0.6) is 0 Å². The van der Waals surface area contributed by atoms with Crippen LogP contribution >= 0.6 is 11.3 Å². The number of nitrogens with one attached hydrogen (secondary N) is 1. The van der Waals surface area contributed by atoms with Crippen molar-refractivity contribution in [2.24, 2.45) is 0 Å². The van der Waals surface area contributed by atoms with Crippen LogP contribution in [0.15, 0.2) is 18.2 Å². The fourth-order valence-corrected chi connectivity index (χ4v) is 2.59. The molecule has 0 saturated carbocycles. The zero-order valence-corrected chi connectivity index (χ0v) is 13.2. The SMILES string of the molecule is CCOC(=O)c1sc(NC(=O)c2ccc(C)c(F)c2)nc1C. The summed E-state index contributed by atoms with van der Waals surface area (Å²) in [5.41, 5.74) is 1.13. The number of halogens is 1. The molecular weight excluding hydrogens is 307 g/mol. The molecule has 22 heavy (non-hydrogen) atoms. The zero-order valence-electron chi connectivity index (χ0n) is 12.4. The van der Waals surface area contributed by atoms with E-state index in [0.29, 0.717) is 16.1 Å². The van der Waals surface area contributed by atoms with E-state index in [-0.39, 0.29) is 17.3 Å².